The van der Waals surface area contributed by atoms with Gasteiger partial charge in [0.2, 0.25) is 5.89 Å². The van der Waals surface area contributed by atoms with E-state index in [4.69, 9.17) is 10.2 Å². The number of aliphatic hydroxyl groups excluding tert-OH is 1. The molecular weight excluding hydrogens is 375 g/mol. The Hall–Kier alpha value is -2.36. The Morgan fingerprint density at radius 2 is 1.86 bits per heavy atom. The molecule has 10 heteroatoms. The molecule has 0 aliphatic carbocycles. The van der Waals surface area contributed by atoms with Gasteiger partial charge < -0.3 is 20.2 Å². The minimum atomic E-state index is -4.58. The van der Waals surface area contributed by atoms with E-state index in [2.05, 4.69) is 15.2 Å². The highest BCUT2D eigenvalue weighted by Gasteiger charge is 2.40. The third-order valence-electron chi connectivity index (χ3n) is 5.43. The molecule has 1 fully saturated rings. The highest BCUT2D eigenvalue weighted by atomic mass is 19.4. The zero-order chi connectivity index (χ0) is 19.9. The first-order valence-electron chi connectivity index (χ1n) is 9.51. The van der Waals surface area contributed by atoms with Gasteiger partial charge in [0.1, 0.15) is 17.5 Å². The molecule has 4 rings (SSSR count). The van der Waals surface area contributed by atoms with Crippen molar-refractivity contribution in [2.24, 2.45) is 0 Å². The molecule has 2 aliphatic heterocycles. The van der Waals surface area contributed by atoms with E-state index in [9.17, 15) is 18.3 Å². The third-order valence-corrected chi connectivity index (χ3v) is 5.43. The predicted octanol–water partition coefficient (Wildman–Crippen LogP) is 3.70. The molecule has 2 atom stereocenters. The number of hydrogen-bond donors (Lipinski definition) is 2. The molecular formula is C18H22F3N5O2. The summed E-state index contributed by atoms with van der Waals surface area (Å²) in [4.78, 5) is 5.98. The van der Waals surface area contributed by atoms with Crippen molar-refractivity contribution in [3.05, 3.63) is 17.5 Å². The summed E-state index contributed by atoms with van der Waals surface area (Å²) >= 11 is 0. The number of rotatable bonds is 0. The van der Waals surface area contributed by atoms with Crippen LogP contribution in [0.2, 0.25) is 0 Å². The lowest BCUT2D eigenvalue weighted by molar-refractivity contribution is -0.137. The zero-order valence-electron chi connectivity index (χ0n) is 15.2. The van der Waals surface area contributed by atoms with Crippen LogP contribution in [0.15, 0.2) is 10.5 Å². The van der Waals surface area contributed by atoms with Gasteiger partial charge in [-0.2, -0.15) is 13.2 Å². The van der Waals surface area contributed by atoms with Crippen LogP contribution in [0.1, 0.15) is 62.5 Å². The summed E-state index contributed by atoms with van der Waals surface area (Å²) in [6.45, 7) is 0.512. The fourth-order valence-corrected chi connectivity index (χ4v) is 4.02. The number of anilines is 2. The highest BCUT2D eigenvalue weighted by Crippen LogP contribution is 2.42. The normalized spacial score (nSPS) is 23.4. The monoisotopic (exact) mass is 397 g/mol. The van der Waals surface area contributed by atoms with Crippen molar-refractivity contribution >= 4 is 11.5 Å². The van der Waals surface area contributed by atoms with Crippen LogP contribution in [0.5, 0.6) is 0 Å². The van der Waals surface area contributed by atoms with Crippen LogP contribution < -0.4 is 10.6 Å². The quantitative estimate of drug-likeness (QED) is 0.699. The topological polar surface area (TPSA) is 101 Å². The maximum absolute atomic E-state index is 13.7. The number of aromatic nitrogens is 3. The van der Waals surface area contributed by atoms with Gasteiger partial charge in [0.25, 0.3) is 5.89 Å². The SMILES string of the molecule is Nc1cc(C(F)(F)F)c2nc1-c1nnc(o1)C(O)CCCCC[C@@H]1CCCN21. The van der Waals surface area contributed by atoms with E-state index in [-0.39, 0.29) is 35.0 Å². The smallest absolute Gasteiger partial charge is 0.416 e. The van der Waals surface area contributed by atoms with E-state index in [1.165, 1.54) is 0 Å². The fraction of sp³-hybridized carbons (Fsp3) is 0.611. The number of nitrogens with two attached hydrogens (primary N) is 1. The average Bonchev–Trinajstić information content (AvgIpc) is 3.29. The minimum absolute atomic E-state index is 0.00353. The Morgan fingerprint density at radius 3 is 2.64 bits per heavy atom. The van der Waals surface area contributed by atoms with Gasteiger partial charge in [-0.25, -0.2) is 4.98 Å². The van der Waals surface area contributed by atoms with Gasteiger partial charge in [-0.05, 0) is 31.7 Å². The van der Waals surface area contributed by atoms with Crippen molar-refractivity contribution in [3.8, 4) is 11.6 Å². The molecule has 4 bridgehead atoms. The first-order chi connectivity index (χ1) is 13.3. The fourth-order valence-electron chi connectivity index (χ4n) is 4.02. The number of hydrogen-bond acceptors (Lipinski definition) is 7. The minimum Gasteiger partial charge on any atom is -0.416 e. The summed E-state index contributed by atoms with van der Waals surface area (Å²) in [6.07, 6.45) is -0.0821. The lowest BCUT2D eigenvalue weighted by Gasteiger charge is -2.29. The van der Waals surface area contributed by atoms with Crippen LogP contribution in [0.4, 0.5) is 24.7 Å². The summed E-state index contributed by atoms with van der Waals surface area (Å²) in [5, 5.41) is 17.9. The van der Waals surface area contributed by atoms with Crippen molar-refractivity contribution in [2.75, 3.05) is 17.2 Å². The van der Waals surface area contributed by atoms with Gasteiger partial charge >= 0.3 is 6.18 Å². The maximum Gasteiger partial charge on any atom is 0.420 e. The van der Waals surface area contributed by atoms with Crippen LogP contribution in [0, 0.1) is 0 Å². The number of halogens is 3. The first kappa shape index (κ1) is 19.0. The van der Waals surface area contributed by atoms with Crippen molar-refractivity contribution in [2.45, 2.75) is 63.3 Å². The second-order valence-corrected chi connectivity index (χ2v) is 7.38. The summed E-state index contributed by atoms with van der Waals surface area (Å²) < 4.78 is 46.6. The van der Waals surface area contributed by atoms with E-state index in [1.807, 2.05) is 0 Å². The maximum atomic E-state index is 13.7. The number of nitrogens with zero attached hydrogens (tertiary/aromatic N) is 4. The summed E-state index contributed by atoms with van der Waals surface area (Å²) in [5.74, 6) is -0.209. The summed E-state index contributed by atoms with van der Waals surface area (Å²) in [6, 6.07) is 0.885. The first-order valence-corrected chi connectivity index (χ1v) is 9.51. The molecule has 152 valence electrons. The number of fused-ring (bicyclic) bond motifs is 7. The van der Waals surface area contributed by atoms with Crippen molar-refractivity contribution in [3.63, 3.8) is 0 Å². The van der Waals surface area contributed by atoms with Crippen LogP contribution >= 0.6 is 0 Å². The Labute approximate surface area is 159 Å². The Morgan fingerprint density at radius 1 is 1.11 bits per heavy atom. The molecule has 2 aliphatic rings. The van der Waals surface area contributed by atoms with E-state index in [0.717, 1.165) is 44.6 Å². The van der Waals surface area contributed by atoms with Gasteiger partial charge in [0.05, 0.1) is 5.69 Å². The molecule has 28 heavy (non-hydrogen) atoms. The van der Waals surface area contributed by atoms with E-state index in [0.29, 0.717) is 13.0 Å². The lowest BCUT2D eigenvalue weighted by Crippen LogP contribution is -2.32. The van der Waals surface area contributed by atoms with Gasteiger partial charge in [-0.3, -0.25) is 0 Å². The second-order valence-electron chi connectivity index (χ2n) is 7.38. The molecule has 0 aromatic carbocycles. The Balaban J connectivity index is 1.86. The van der Waals surface area contributed by atoms with Crippen LogP contribution in [-0.2, 0) is 6.18 Å². The van der Waals surface area contributed by atoms with Gasteiger partial charge in [-0.15, -0.1) is 10.2 Å². The largest absolute Gasteiger partial charge is 0.420 e. The molecule has 0 saturated carbocycles. The second kappa shape index (κ2) is 7.23. The molecule has 4 heterocycles. The molecule has 7 nitrogen and oxygen atoms in total. The molecule has 1 unspecified atom stereocenters. The van der Waals surface area contributed by atoms with E-state index < -0.39 is 17.8 Å². The number of pyridine rings is 1. The molecule has 2 aromatic heterocycles. The van der Waals surface area contributed by atoms with Crippen LogP contribution in [0.3, 0.4) is 0 Å². The van der Waals surface area contributed by atoms with Gasteiger partial charge in [0.15, 0.2) is 5.69 Å². The standard InChI is InChI=1S/C18H22F3N5O2/c19-18(20,21)11-9-12(22)14-17-25-24-16(28-17)13(27)7-3-1-2-5-10-6-4-8-26(10)15(11)23-14/h9-10,13,27H,1-8,22H2/t10-,13?/m1/s1. The average molecular weight is 397 g/mol. The number of nitrogen functional groups attached to an aromatic ring is 1. The third kappa shape index (κ3) is 3.52. The Kier molecular flexibility index (Phi) is 4.90. The summed E-state index contributed by atoms with van der Waals surface area (Å²) in [5.41, 5.74) is 4.83. The number of alkyl halides is 3. The molecule has 1 saturated heterocycles. The Bertz CT molecular complexity index is 854. The van der Waals surface area contributed by atoms with Crippen molar-refractivity contribution in [1.29, 1.82) is 0 Å². The molecule has 3 N–H and O–H groups in total. The zero-order valence-corrected chi connectivity index (χ0v) is 15.2. The van der Waals surface area contributed by atoms with E-state index in [1.54, 1.807) is 4.90 Å². The van der Waals surface area contributed by atoms with Crippen LogP contribution in [0.25, 0.3) is 11.6 Å². The van der Waals surface area contributed by atoms with Crippen molar-refractivity contribution < 1.29 is 22.7 Å². The lowest BCUT2D eigenvalue weighted by atomic mass is 10.0. The van der Waals surface area contributed by atoms with Gasteiger partial charge in [-0.1, -0.05) is 19.3 Å². The molecule has 0 amide bonds. The summed E-state index contributed by atoms with van der Waals surface area (Å²) in [7, 11) is 0. The van der Waals surface area contributed by atoms with Crippen LogP contribution in [-0.4, -0.2) is 32.9 Å². The van der Waals surface area contributed by atoms with Crippen molar-refractivity contribution in [1.82, 2.24) is 15.2 Å². The highest BCUT2D eigenvalue weighted by molar-refractivity contribution is 5.71. The molecule has 2 aromatic rings. The predicted molar refractivity (Wildman–Crippen MR) is 95.4 cm³/mol. The van der Waals surface area contributed by atoms with E-state index >= 15 is 0 Å². The number of aliphatic hydroxyl groups is 1. The van der Waals surface area contributed by atoms with Gasteiger partial charge in [0, 0.05) is 12.6 Å². The molecule has 0 spiro atoms. The molecule has 0 radical (unpaired) electrons.